The third-order valence-corrected chi connectivity index (χ3v) is 5.30. The largest absolute Gasteiger partial charge is 0.488 e. The monoisotopic (exact) mass is 423 g/mol. The Kier molecular flexibility index (Phi) is 8.80. The van der Waals surface area contributed by atoms with Crippen LogP contribution in [0.4, 0.5) is 0 Å². The first-order chi connectivity index (χ1) is 11.8. The fourth-order valence-electron chi connectivity index (χ4n) is 3.25. The molecule has 0 radical (unpaired) electrons. The van der Waals surface area contributed by atoms with E-state index in [0.29, 0.717) is 12.6 Å². The molecule has 0 atom stereocenters. The quantitative estimate of drug-likeness (QED) is 0.552. The van der Waals surface area contributed by atoms with Gasteiger partial charge >= 0.3 is 0 Å². The van der Waals surface area contributed by atoms with Gasteiger partial charge in [0, 0.05) is 12.6 Å². The normalized spacial score (nSPS) is 15.2. The van der Waals surface area contributed by atoms with Crippen molar-refractivity contribution in [3.63, 3.8) is 0 Å². The number of hydrogen-bond acceptors (Lipinski definition) is 2. The molecule has 2 aromatic carbocycles. The molecule has 1 aliphatic rings. The molecule has 1 saturated carbocycles. The van der Waals surface area contributed by atoms with Crippen molar-refractivity contribution < 1.29 is 4.74 Å². The summed E-state index contributed by atoms with van der Waals surface area (Å²) in [5.74, 6) is 0.900. The first-order valence-corrected chi connectivity index (χ1v) is 9.79. The number of hydrogen-bond donors (Lipinski definition) is 1. The molecule has 0 spiro atoms. The molecule has 0 amide bonds. The van der Waals surface area contributed by atoms with E-state index in [2.05, 4.69) is 51.6 Å². The van der Waals surface area contributed by atoms with Crippen LogP contribution in [0.25, 0.3) is 0 Å². The zero-order valence-corrected chi connectivity index (χ0v) is 16.9. The van der Waals surface area contributed by atoms with Gasteiger partial charge < -0.3 is 10.1 Å². The third kappa shape index (κ3) is 6.65. The number of rotatable bonds is 6. The summed E-state index contributed by atoms with van der Waals surface area (Å²) in [6.07, 6.45) is 8.18. The lowest BCUT2D eigenvalue weighted by Gasteiger charge is -2.17. The predicted molar refractivity (Wildman–Crippen MR) is 110 cm³/mol. The summed E-state index contributed by atoms with van der Waals surface area (Å²) < 4.78 is 6.95. The summed E-state index contributed by atoms with van der Waals surface area (Å²) in [7, 11) is 0. The van der Waals surface area contributed by atoms with E-state index in [9.17, 15) is 0 Å². The van der Waals surface area contributed by atoms with E-state index >= 15 is 0 Å². The van der Waals surface area contributed by atoms with Crippen LogP contribution in [0.1, 0.15) is 49.7 Å². The van der Waals surface area contributed by atoms with Crippen molar-refractivity contribution >= 4 is 28.3 Å². The average molecular weight is 425 g/mol. The second-order valence-electron chi connectivity index (χ2n) is 6.61. The minimum Gasteiger partial charge on any atom is -0.488 e. The fraction of sp³-hybridized carbons (Fsp3) is 0.429. The van der Waals surface area contributed by atoms with E-state index in [1.54, 1.807) is 0 Å². The van der Waals surface area contributed by atoms with Crippen LogP contribution in [0.15, 0.2) is 53.0 Å². The number of halogens is 2. The van der Waals surface area contributed by atoms with Gasteiger partial charge in [0.05, 0.1) is 4.47 Å². The van der Waals surface area contributed by atoms with Gasteiger partial charge in [-0.1, -0.05) is 62.1 Å². The SMILES string of the molecule is Brc1cc(CNC2CCCCCC2)ccc1OCc1ccccc1.Cl. The lowest BCUT2D eigenvalue weighted by atomic mass is 10.1. The van der Waals surface area contributed by atoms with E-state index in [4.69, 9.17) is 4.74 Å². The number of benzene rings is 2. The minimum absolute atomic E-state index is 0. The van der Waals surface area contributed by atoms with Crippen molar-refractivity contribution in [3.05, 3.63) is 64.1 Å². The van der Waals surface area contributed by atoms with E-state index < -0.39 is 0 Å². The van der Waals surface area contributed by atoms with Gasteiger partial charge in [0.1, 0.15) is 12.4 Å². The van der Waals surface area contributed by atoms with Gasteiger partial charge in [-0.2, -0.15) is 0 Å². The average Bonchev–Trinajstić information content (AvgIpc) is 2.89. The molecule has 0 unspecified atom stereocenters. The van der Waals surface area contributed by atoms with Crippen LogP contribution in [0.3, 0.4) is 0 Å². The Bertz CT molecular complexity index is 627. The molecule has 1 fully saturated rings. The minimum atomic E-state index is 0. The maximum absolute atomic E-state index is 5.92. The Morgan fingerprint density at radius 3 is 2.32 bits per heavy atom. The zero-order valence-electron chi connectivity index (χ0n) is 14.5. The molecular weight excluding hydrogens is 398 g/mol. The molecule has 1 N–H and O–H groups in total. The van der Waals surface area contributed by atoms with E-state index in [-0.39, 0.29) is 12.4 Å². The highest BCUT2D eigenvalue weighted by molar-refractivity contribution is 9.10. The van der Waals surface area contributed by atoms with Gasteiger partial charge in [0.25, 0.3) is 0 Å². The molecular formula is C21H27BrClNO. The van der Waals surface area contributed by atoms with Crippen molar-refractivity contribution in [1.29, 1.82) is 0 Å². The van der Waals surface area contributed by atoms with Crippen molar-refractivity contribution in [1.82, 2.24) is 5.32 Å². The second-order valence-corrected chi connectivity index (χ2v) is 7.46. The highest BCUT2D eigenvalue weighted by atomic mass is 79.9. The van der Waals surface area contributed by atoms with Crippen LogP contribution < -0.4 is 10.1 Å². The lowest BCUT2D eigenvalue weighted by Crippen LogP contribution is -2.27. The molecule has 2 nitrogen and oxygen atoms in total. The van der Waals surface area contributed by atoms with Gasteiger partial charge in [0.2, 0.25) is 0 Å². The molecule has 0 bridgehead atoms. The molecule has 2 aromatic rings. The van der Waals surface area contributed by atoms with Gasteiger partial charge in [0.15, 0.2) is 0 Å². The second kappa shape index (κ2) is 10.8. The Morgan fingerprint density at radius 1 is 0.920 bits per heavy atom. The Morgan fingerprint density at radius 2 is 1.64 bits per heavy atom. The van der Waals surface area contributed by atoms with E-state index in [1.165, 1.54) is 49.7 Å². The maximum Gasteiger partial charge on any atom is 0.134 e. The van der Waals surface area contributed by atoms with E-state index in [1.807, 2.05) is 18.2 Å². The van der Waals surface area contributed by atoms with Crippen molar-refractivity contribution in [2.75, 3.05) is 0 Å². The smallest absolute Gasteiger partial charge is 0.134 e. The maximum atomic E-state index is 5.92. The third-order valence-electron chi connectivity index (χ3n) is 4.68. The van der Waals surface area contributed by atoms with Crippen LogP contribution in [0, 0.1) is 0 Å². The summed E-state index contributed by atoms with van der Waals surface area (Å²) in [5.41, 5.74) is 2.49. The molecule has 0 aliphatic heterocycles. The van der Waals surface area contributed by atoms with Crippen LogP contribution in [0.2, 0.25) is 0 Å². The standard InChI is InChI=1S/C21H26BrNO.ClH/c22-20-14-18(15-23-19-10-6-1-2-7-11-19)12-13-21(20)24-16-17-8-4-3-5-9-17;/h3-5,8-9,12-14,19,23H,1-2,6-7,10-11,15-16H2;1H. The number of ether oxygens (including phenoxy) is 1. The molecule has 1 aliphatic carbocycles. The Hall–Kier alpha value is -1.03. The summed E-state index contributed by atoms with van der Waals surface area (Å²) in [4.78, 5) is 0. The zero-order chi connectivity index (χ0) is 16.6. The topological polar surface area (TPSA) is 21.3 Å². The summed E-state index contributed by atoms with van der Waals surface area (Å²) in [6.45, 7) is 1.53. The van der Waals surface area contributed by atoms with Crippen LogP contribution >= 0.6 is 28.3 Å². The predicted octanol–water partition coefficient (Wildman–Crippen LogP) is 6.26. The molecule has 0 saturated heterocycles. The van der Waals surface area contributed by atoms with Crippen molar-refractivity contribution in [2.24, 2.45) is 0 Å². The summed E-state index contributed by atoms with van der Waals surface area (Å²) >= 11 is 3.65. The highest BCUT2D eigenvalue weighted by Gasteiger charge is 2.11. The Labute approximate surface area is 165 Å². The summed E-state index contributed by atoms with van der Waals surface area (Å²) in [5, 5.41) is 3.72. The van der Waals surface area contributed by atoms with Crippen molar-refractivity contribution in [2.45, 2.75) is 57.7 Å². The van der Waals surface area contributed by atoms with Crippen LogP contribution in [-0.2, 0) is 13.2 Å². The summed E-state index contributed by atoms with van der Waals surface area (Å²) in [6, 6.07) is 17.3. The van der Waals surface area contributed by atoms with Crippen LogP contribution in [-0.4, -0.2) is 6.04 Å². The number of nitrogens with one attached hydrogen (secondary N) is 1. The first kappa shape index (κ1) is 20.3. The van der Waals surface area contributed by atoms with Gasteiger partial charge in [-0.05, 0) is 52.0 Å². The van der Waals surface area contributed by atoms with Crippen LogP contribution in [0.5, 0.6) is 5.75 Å². The highest BCUT2D eigenvalue weighted by Crippen LogP contribution is 2.27. The van der Waals surface area contributed by atoms with Crippen molar-refractivity contribution in [3.8, 4) is 5.75 Å². The first-order valence-electron chi connectivity index (χ1n) is 9.00. The molecule has 3 rings (SSSR count). The molecule has 4 heteroatoms. The molecule has 136 valence electrons. The fourth-order valence-corrected chi connectivity index (χ4v) is 3.79. The van der Waals surface area contributed by atoms with Gasteiger partial charge in [-0.25, -0.2) is 0 Å². The van der Waals surface area contributed by atoms with Gasteiger partial charge in [-0.15, -0.1) is 12.4 Å². The van der Waals surface area contributed by atoms with Gasteiger partial charge in [-0.3, -0.25) is 0 Å². The Balaban J connectivity index is 0.00000225. The molecule has 0 heterocycles. The van der Waals surface area contributed by atoms with E-state index in [0.717, 1.165) is 16.8 Å². The molecule has 0 aromatic heterocycles. The lowest BCUT2D eigenvalue weighted by molar-refractivity contribution is 0.304. The molecule has 25 heavy (non-hydrogen) atoms.